The van der Waals surface area contributed by atoms with Crippen molar-refractivity contribution in [1.29, 1.82) is 0 Å². The molecule has 3 nitrogen and oxygen atoms in total. The van der Waals surface area contributed by atoms with Crippen LogP contribution < -0.4 is 10.1 Å². The van der Waals surface area contributed by atoms with Crippen molar-refractivity contribution in [1.82, 2.24) is 0 Å². The SMILES string of the molecule is C=CCOc1ccc(C(=O)Nc2ccc(Cl)cc2C(F)(F)F)cc1. The lowest BCUT2D eigenvalue weighted by molar-refractivity contribution is -0.136. The van der Waals surface area contributed by atoms with E-state index in [0.29, 0.717) is 12.4 Å². The van der Waals surface area contributed by atoms with Crippen LogP contribution in [0.15, 0.2) is 55.1 Å². The van der Waals surface area contributed by atoms with Crippen LogP contribution >= 0.6 is 11.6 Å². The minimum absolute atomic E-state index is 0.0657. The average molecular weight is 356 g/mol. The Labute approximate surface area is 141 Å². The molecule has 24 heavy (non-hydrogen) atoms. The molecule has 0 aliphatic carbocycles. The first-order valence-electron chi connectivity index (χ1n) is 6.83. The molecule has 0 heterocycles. The molecule has 0 bridgehead atoms. The first-order chi connectivity index (χ1) is 11.3. The van der Waals surface area contributed by atoms with E-state index in [1.54, 1.807) is 18.2 Å². The second-order valence-electron chi connectivity index (χ2n) is 4.77. The maximum absolute atomic E-state index is 13.0. The third-order valence-corrected chi connectivity index (χ3v) is 3.25. The summed E-state index contributed by atoms with van der Waals surface area (Å²) in [5.41, 5.74) is -1.16. The van der Waals surface area contributed by atoms with Crippen LogP contribution in [0.4, 0.5) is 18.9 Å². The predicted molar refractivity (Wildman–Crippen MR) is 86.5 cm³/mol. The molecule has 1 N–H and O–H groups in total. The maximum atomic E-state index is 13.0. The minimum atomic E-state index is -4.63. The molecule has 7 heteroatoms. The van der Waals surface area contributed by atoms with Crippen LogP contribution in [0.25, 0.3) is 0 Å². The Balaban J connectivity index is 2.19. The molecule has 0 radical (unpaired) electrons. The van der Waals surface area contributed by atoms with Gasteiger partial charge in [0.05, 0.1) is 11.3 Å². The van der Waals surface area contributed by atoms with Crippen LogP contribution in [0, 0.1) is 0 Å². The standard InChI is InChI=1S/C17H13ClF3NO2/c1-2-9-24-13-6-3-11(4-7-13)16(23)22-15-8-5-12(18)10-14(15)17(19,20)21/h2-8,10H,1,9H2,(H,22,23). The molecule has 0 aromatic heterocycles. The first-order valence-corrected chi connectivity index (χ1v) is 7.21. The summed E-state index contributed by atoms with van der Waals surface area (Å²) in [7, 11) is 0. The molecule has 2 aromatic rings. The number of anilines is 1. The van der Waals surface area contributed by atoms with E-state index in [4.69, 9.17) is 16.3 Å². The molecule has 0 atom stereocenters. The van der Waals surface area contributed by atoms with Gasteiger partial charge in [0.25, 0.3) is 5.91 Å². The lowest BCUT2D eigenvalue weighted by Crippen LogP contribution is -2.16. The quantitative estimate of drug-likeness (QED) is 0.751. The van der Waals surface area contributed by atoms with Gasteiger partial charge in [0.2, 0.25) is 0 Å². The number of benzene rings is 2. The maximum Gasteiger partial charge on any atom is 0.418 e. The van der Waals surface area contributed by atoms with Crippen molar-refractivity contribution < 1.29 is 22.7 Å². The van der Waals surface area contributed by atoms with Crippen molar-refractivity contribution in [3.05, 3.63) is 71.3 Å². The van der Waals surface area contributed by atoms with Gasteiger partial charge in [-0.05, 0) is 42.5 Å². The van der Waals surface area contributed by atoms with Crippen molar-refractivity contribution >= 4 is 23.2 Å². The van der Waals surface area contributed by atoms with E-state index in [-0.39, 0.29) is 16.3 Å². The summed E-state index contributed by atoms with van der Waals surface area (Å²) in [5.74, 6) is -0.146. The van der Waals surface area contributed by atoms with Crippen molar-refractivity contribution in [2.45, 2.75) is 6.18 Å². The van der Waals surface area contributed by atoms with Gasteiger partial charge in [-0.25, -0.2) is 0 Å². The Morgan fingerprint density at radius 2 is 1.88 bits per heavy atom. The molecule has 0 saturated carbocycles. The van der Waals surface area contributed by atoms with Gasteiger partial charge >= 0.3 is 6.18 Å². The van der Waals surface area contributed by atoms with Crippen molar-refractivity contribution in [2.24, 2.45) is 0 Å². The van der Waals surface area contributed by atoms with Gasteiger partial charge in [0, 0.05) is 10.6 Å². The van der Waals surface area contributed by atoms with E-state index >= 15 is 0 Å². The highest BCUT2D eigenvalue weighted by Crippen LogP contribution is 2.36. The molecule has 0 fully saturated rings. The number of nitrogens with one attached hydrogen (secondary N) is 1. The fourth-order valence-electron chi connectivity index (χ4n) is 1.91. The number of carbonyl (C=O) groups is 1. The van der Waals surface area contributed by atoms with Crippen LogP contribution in [-0.2, 0) is 6.18 Å². The largest absolute Gasteiger partial charge is 0.490 e. The molecule has 0 unspecified atom stereocenters. The second-order valence-corrected chi connectivity index (χ2v) is 5.20. The number of alkyl halides is 3. The van der Waals surface area contributed by atoms with Gasteiger partial charge in [0.1, 0.15) is 12.4 Å². The third kappa shape index (κ3) is 4.52. The van der Waals surface area contributed by atoms with Crippen LogP contribution in [-0.4, -0.2) is 12.5 Å². The molecule has 2 rings (SSSR count). The van der Waals surface area contributed by atoms with Gasteiger partial charge in [-0.1, -0.05) is 24.3 Å². The van der Waals surface area contributed by atoms with E-state index in [2.05, 4.69) is 11.9 Å². The lowest BCUT2D eigenvalue weighted by atomic mass is 10.1. The highest BCUT2D eigenvalue weighted by molar-refractivity contribution is 6.30. The summed E-state index contributed by atoms with van der Waals surface area (Å²) in [5, 5.41) is 2.18. The Morgan fingerprint density at radius 3 is 2.46 bits per heavy atom. The highest BCUT2D eigenvalue weighted by atomic mass is 35.5. The molecular formula is C17H13ClF3NO2. The van der Waals surface area contributed by atoms with Gasteiger partial charge < -0.3 is 10.1 Å². The highest BCUT2D eigenvalue weighted by Gasteiger charge is 2.34. The Morgan fingerprint density at radius 1 is 1.21 bits per heavy atom. The van der Waals surface area contributed by atoms with Crippen LogP contribution in [0.5, 0.6) is 5.75 Å². The zero-order valence-electron chi connectivity index (χ0n) is 12.4. The van der Waals surface area contributed by atoms with Gasteiger partial charge in [0.15, 0.2) is 0 Å². The summed E-state index contributed by atoms with van der Waals surface area (Å²) >= 11 is 5.60. The fraction of sp³-hybridized carbons (Fsp3) is 0.118. The summed E-state index contributed by atoms with van der Waals surface area (Å²) < 4.78 is 44.3. The fourth-order valence-corrected chi connectivity index (χ4v) is 2.08. The molecule has 126 valence electrons. The smallest absolute Gasteiger partial charge is 0.418 e. The molecule has 0 aliphatic rings. The van der Waals surface area contributed by atoms with Gasteiger partial charge in [-0.15, -0.1) is 0 Å². The van der Waals surface area contributed by atoms with E-state index in [1.165, 1.54) is 18.2 Å². The summed E-state index contributed by atoms with van der Waals surface area (Å²) in [6, 6.07) is 9.16. The third-order valence-electron chi connectivity index (χ3n) is 3.02. The van der Waals surface area contributed by atoms with Crippen molar-refractivity contribution in [3.63, 3.8) is 0 Å². The molecule has 0 spiro atoms. The summed E-state index contributed by atoms with van der Waals surface area (Å²) in [4.78, 5) is 12.1. The van der Waals surface area contributed by atoms with E-state index < -0.39 is 17.6 Å². The predicted octanol–water partition coefficient (Wildman–Crippen LogP) is 5.18. The van der Waals surface area contributed by atoms with E-state index in [0.717, 1.165) is 12.1 Å². The Bertz CT molecular complexity index is 742. The average Bonchev–Trinajstić information content (AvgIpc) is 2.54. The number of rotatable bonds is 5. The van der Waals surface area contributed by atoms with Crippen molar-refractivity contribution in [3.8, 4) is 5.75 Å². The zero-order chi connectivity index (χ0) is 17.7. The minimum Gasteiger partial charge on any atom is -0.490 e. The van der Waals surface area contributed by atoms with Crippen molar-refractivity contribution in [2.75, 3.05) is 11.9 Å². The number of halogens is 4. The number of hydrogen-bond donors (Lipinski definition) is 1. The second kappa shape index (κ2) is 7.40. The van der Waals surface area contributed by atoms with E-state index in [1.807, 2.05) is 0 Å². The lowest BCUT2D eigenvalue weighted by Gasteiger charge is -2.14. The summed E-state index contributed by atoms with van der Waals surface area (Å²) in [6.45, 7) is 3.82. The Kier molecular flexibility index (Phi) is 5.51. The number of ether oxygens (including phenoxy) is 1. The molecule has 1 amide bonds. The van der Waals surface area contributed by atoms with Crippen LogP contribution in [0.3, 0.4) is 0 Å². The Hall–Kier alpha value is -2.47. The monoisotopic (exact) mass is 355 g/mol. The van der Waals surface area contributed by atoms with Gasteiger partial charge in [-0.2, -0.15) is 13.2 Å². The number of amides is 1. The normalized spacial score (nSPS) is 11.0. The number of hydrogen-bond acceptors (Lipinski definition) is 2. The molecule has 0 aliphatic heterocycles. The molecule has 2 aromatic carbocycles. The van der Waals surface area contributed by atoms with Gasteiger partial charge in [-0.3, -0.25) is 4.79 Å². The first kappa shape index (κ1) is 17.9. The topological polar surface area (TPSA) is 38.3 Å². The van der Waals surface area contributed by atoms with Crippen LogP contribution in [0.2, 0.25) is 5.02 Å². The summed E-state index contributed by atoms with van der Waals surface area (Å²) in [6.07, 6.45) is -3.06. The molecular weight excluding hydrogens is 343 g/mol. The molecule has 0 saturated heterocycles. The van der Waals surface area contributed by atoms with Crippen LogP contribution in [0.1, 0.15) is 15.9 Å². The zero-order valence-corrected chi connectivity index (χ0v) is 13.1. The number of carbonyl (C=O) groups excluding carboxylic acids is 1. The van der Waals surface area contributed by atoms with E-state index in [9.17, 15) is 18.0 Å².